The van der Waals surface area contributed by atoms with Crippen molar-refractivity contribution in [3.63, 3.8) is 0 Å². The van der Waals surface area contributed by atoms with Gasteiger partial charge in [-0.2, -0.15) is 0 Å². The van der Waals surface area contributed by atoms with Crippen LogP contribution in [0, 0.1) is 5.41 Å². The molecule has 0 radical (unpaired) electrons. The van der Waals surface area contributed by atoms with E-state index in [2.05, 4.69) is 31.4 Å². The van der Waals surface area contributed by atoms with Crippen LogP contribution in [-0.2, 0) is 9.53 Å². The molecule has 1 fully saturated rings. The Morgan fingerprint density at radius 1 is 1.59 bits per heavy atom. The maximum Gasteiger partial charge on any atom is 0.237 e. The average Bonchev–Trinajstić information content (AvgIpc) is 2.63. The Hall–Kier alpha value is -0.650. The van der Waals surface area contributed by atoms with E-state index in [4.69, 9.17) is 4.74 Å². The van der Waals surface area contributed by atoms with Gasteiger partial charge in [0.1, 0.15) is 0 Å². The molecule has 1 rings (SSSR count). The van der Waals surface area contributed by atoms with Crippen LogP contribution in [0.3, 0.4) is 0 Å². The van der Waals surface area contributed by atoms with Crippen LogP contribution in [0.15, 0.2) is 0 Å². The highest BCUT2D eigenvalue weighted by atomic mass is 16.5. The van der Waals surface area contributed by atoms with E-state index in [1.54, 1.807) is 7.11 Å². The first kappa shape index (κ1) is 14.4. The van der Waals surface area contributed by atoms with E-state index < -0.39 is 6.10 Å². The van der Waals surface area contributed by atoms with E-state index in [9.17, 15) is 9.90 Å². The second-order valence-electron chi connectivity index (χ2n) is 5.69. The molecule has 0 aromatic heterocycles. The van der Waals surface area contributed by atoms with Crippen LogP contribution in [0.5, 0.6) is 0 Å². The first-order valence-electron chi connectivity index (χ1n) is 6.06. The van der Waals surface area contributed by atoms with Gasteiger partial charge in [-0.3, -0.25) is 4.79 Å². The largest absolute Gasteiger partial charge is 0.392 e. The number of amides is 1. The normalized spacial score (nSPS) is 26.9. The molecule has 0 saturated carbocycles. The van der Waals surface area contributed by atoms with Gasteiger partial charge in [-0.1, -0.05) is 20.8 Å². The van der Waals surface area contributed by atoms with E-state index in [-0.39, 0.29) is 23.5 Å². The predicted molar refractivity (Wildman–Crippen MR) is 65.7 cm³/mol. The molecule has 0 aromatic carbocycles. The second kappa shape index (κ2) is 5.80. The molecule has 1 saturated heterocycles. The third-order valence-electron chi connectivity index (χ3n) is 3.14. The minimum atomic E-state index is -0.411. The number of methoxy groups -OCH3 is 1. The molecule has 0 aliphatic carbocycles. The standard InChI is InChI=1S/C12H24N2O3/c1-12(2,3)10(17-4)7-14-11(16)9-5-8(15)6-13-9/h8-10,13,15H,5-7H2,1-4H3,(H,14,16). The van der Waals surface area contributed by atoms with Crippen LogP contribution in [0.4, 0.5) is 0 Å². The van der Waals surface area contributed by atoms with Crippen LogP contribution >= 0.6 is 0 Å². The summed E-state index contributed by atoms with van der Waals surface area (Å²) in [6, 6.07) is -0.275. The Morgan fingerprint density at radius 2 is 2.24 bits per heavy atom. The van der Waals surface area contributed by atoms with E-state index in [1.807, 2.05) is 0 Å². The molecule has 5 nitrogen and oxygen atoms in total. The van der Waals surface area contributed by atoms with Crippen LogP contribution in [0.1, 0.15) is 27.2 Å². The lowest BCUT2D eigenvalue weighted by atomic mass is 9.89. The fourth-order valence-electron chi connectivity index (χ4n) is 1.98. The van der Waals surface area contributed by atoms with Gasteiger partial charge in [0, 0.05) is 20.2 Å². The topological polar surface area (TPSA) is 70.6 Å². The third-order valence-corrected chi connectivity index (χ3v) is 3.14. The second-order valence-corrected chi connectivity index (χ2v) is 5.69. The molecule has 1 amide bonds. The number of β-amino-alcohol motifs (C(OH)–C–C–N with tert-alkyl or cyclic N) is 1. The molecular formula is C12H24N2O3. The molecule has 1 heterocycles. The monoisotopic (exact) mass is 244 g/mol. The Labute approximate surface area is 103 Å². The van der Waals surface area contributed by atoms with Crippen LogP contribution in [-0.4, -0.2) is 49.5 Å². The lowest BCUT2D eigenvalue weighted by Crippen LogP contribution is -2.46. The maximum absolute atomic E-state index is 11.8. The predicted octanol–water partition coefficient (Wildman–Crippen LogP) is -0.113. The summed E-state index contributed by atoms with van der Waals surface area (Å²) in [5.41, 5.74) is -0.00928. The zero-order valence-corrected chi connectivity index (χ0v) is 11.1. The first-order valence-corrected chi connectivity index (χ1v) is 6.06. The van der Waals surface area contributed by atoms with Gasteiger partial charge in [-0.15, -0.1) is 0 Å². The number of carbonyl (C=O) groups is 1. The zero-order chi connectivity index (χ0) is 13.1. The fraction of sp³-hybridized carbons (Fsp3) is 0.917. The van der Waals surface area contributed by atoms with Gasteiger partial charge in [-0.25, -0.2) is 0 Å². The van der Waals surface area contributed by atoms with Crippen molar-refractivity contribution in [3.05, 3.63) is 0 Å². The summed E-state index contributed by atoms with van der Waals surface area (Å²) in [6.45, 7) is 7.21. The van der Waals surface area contributed by atoms with Crippen LogP contribution < -0.4 is 10.6 Å². The number of ether oxygens (including phenoxy) is 1. The van der Waals surface area contributed by atoms with Crippen molar-refractivity contribution in [2.24, 2.45) is 5.41 Å². The summed E-state index contributed by atoms with van der Waals surface area (Å²) in [6.07, 6.45) is 0.0586. The summed E-state index contributed by atoms with van der Waals surface area (Å²) in [5.74, 6) is -0.0622. The van der Waals surface area contributed by atoms with Crippen molar-refractivity contribution in [3.8, 4) is 0 Å². The Balaban J connectivity index is 2.37. The van der Waals surface area contributed by atoms with E-state index in [0.29, 0.717) is 19.5 Å². The Bertz CT molecular complexity index is 263. The van der Waals surface area contributed by atoms with Crippen LogP contribution in [0.25, 0.3) is 0 Å². The highest BCUT2D eigenvalue weighted by Gasteiger charge is 2.30. The number of aliphatic hydroxyl groups excluding tert-OH is 1. The maximum atomic E-state index is 11.8. The van der Waals surface area contributed by atoms with Gasteiger partial charge >= 0.3 is 0 Å². The fourth-order valence-corrected chi connectivity index (χ4v) is 1.98. The molecule has 100 valence electrons. The minimum Gasteiger partial charge on any atom is -0.392 e. The summed E-state index contributed by atoms with van der Waals surface area (Å²) in [7, 11) is 1.65. The van der Waals surface area contributed by atoms with Gasteiger partial charge in [0.05, 0.1) is 18.2 Å². The van der Waals surface area contributed by atoms with E-state index in [1.165, 1.54) is 0 Å². The molecule has 5 heteroatoms. The van der Waals surface area contributed by atoms with Crippen molar-refractivity contribution in [1.29, 1.82) is 0 Å². The summed E-state index contributed by atoms with van der Waals surface area (Å²) < 4.78 is 5.36. The summed E-state index contributed by atoms with van der Waals surface area (Å²) in [4.78, 5) is 11.8. The van der Waals surface area contributed by atoms with E-state index >= 15 is 0 Å². The van der Waals surface area contributed by atoms with E-state index in [0.717, 1.165) is 0 Å². The average molecular weight is 244 g/mol. The first-order chi connectivity index (χ1) is 7.84. The van der Waals surface area contributed by atoms with Gasteiger partial charge in [0.2, 0.25) is 5.91 Å². The van der Waals surface area contributed by atoms with Crippen molar-refractivity contribution in [1.82, 2.24) is 10.6 Å². The number of hydrogen-bond donors (Lipinski definition) is 3. The van der Waals surface area contributed by atoms with Gasteiger partial charge < -0.3 is 20.5 Å². The van der Waals surface area contributed by atoms with Crippen molar-refractivity contribution in [2.45, 2.75) is 45.4 Å². The van der Waals surface area contributed by atoms with Crippen LogP contribution in [0.2, 0.25) is 0 Å². The van der Waals surface area contributed by atoms with Crippen molar-refractivity contribution < 1.29 is 14.6 Å². The minimum absolute atomic E-state index is 0.00928. The molecule has 0 aromatic rings. The molecule has 0 bridgehead atoms. The molecular weight excluding hydrogens is 220 g/mol. The molecule has 1 aliphatic rings. The number of hydrogen-bond acceptors (Lipinski definition) is 4. The van der Waals surface area contributed by atoms with Gasteiger partial charge in [0.15, 0.2) is 0 Å². The van der Waals surface area contributed by atoms with Crippen molar-refractivity contribution in [2.75, 3.05) is 20.2 Å². The quantitative estimate of drug-likeness (QED) is 0.645. The molecule has 17 heavy (non-hydrogen) atoms. The lowest BCUT2D eigenvalue weighted by molar-refractivity contribution is -0.124. The molecule has 1 aliphatic heterocycles. The Kier molecular flexibility index (Phi) is 4.91. The molecule has 3 unspecified atom stereocenters. The smallest absolute Gasteiger partial charge is 0.237 e. The Morgan fingerprint density at radius 3 is 2.65 bits per heavy atom. The molecule has 3 N–H and O–H groups in total. The summed E-state index contributed by atoms with van der Waals surface area (Å²) in [5, 5.41) is 15.2. The molecule has 0 spiro atoms. The third kappa shape index (κ3) is 4.26. The summed E-state index contributed by atoms with van der Waals surface area (Å²) >= 11 is 0. The highest BCUT2D eigenvalue weighted by Crippen LogP contribution is 2.21. The number of carbonyl (C=O) groups excluding carboxylic acids is 1. The van der Waals surface area contributed by atoms with Gasteiger partial charge in [0.25, 0.3) is 0 Å². The van der Waals surface area contributed by atoms with Gasteiger partial charge in [-0.05, 0) is 11.8 Å². The number of rotatable bonds is 4. The van der Waals surface area contributed by atoms with Crippen molar-refractivity contribution >= 4 is 5.91 Å². The number of aliphatic hydroxyl groups is 1. The SMILES string of the molecule is COC(CNC(=O)C1CC(O)CN1)C(C)(C)C. The number of nitrogens with one attached hydrogen (secondary N) is 2. The highest BCUT2D eigenvalue weighted by molar-refractivity contribution is 5.82. The molecule has 3 atom stereocenters. The lowest BCUT2D eigenvalue weighted by Gasteiger charge is -2.29. The zero-order valence-electron chi connectivity index (χ0n) is 11.1.